The monoisotopic (exact) mass is 1100 g/mol. The molecule has 1 atom stereocenters. The van der Waals surface area contributed by atoms with Gasteiger partial charge in [-0.25, -0.2) is 0 Å². The molecule has 0 aromatic heterocycles. The van der Waals surface area contributed by atoms with Gasteiger partial charge in [-0.2, -0.15) is 0 Å². The van der Waals surface area contributed by atoms with Crippen molar-refractivity contribution in [3.05, 3.63) is 36.5 Å². The first-order valence-corrected chi connectivity index (χ1v) is 35.0. The second kappa shape index (κ2) is 67.1. The Kier molecular flexibility index (Phi) is 65.1. The number of ether oxygens (including phenoxy) is 3. The summed E-state index contributed by atoms with van der Waals surface area (Å²) in [7, 11) is 0. The van der Waals surface area contributed by atoms with E-state index in [2.05, 4.69) is 57.2 Å². The molecule has 0 amide bonds. The molecule has 1 unspecified atom stereocenters. The Morgan fingerprint density at radius 2 is 0.474 bits per heavy atom. The second-order valence-electron chi connectivity index (χ2n) is 23.8. The van der Waals surface area contributed by atoms with Gasteiger partial charge in [0.25, 0.3) is 0 Å². The zero-order valence-corrected chi connectivity index (χ0v) is 52.7. The van der Waals surface area contributed by atoms with Crippen LogP contribution in [0.2, 0.25) is 0 Å². The minimum absolute atomic E-state index is 0.0760. The molecule has 0 rings (SSSR count). The predicted molar refractivity (Wildman–Crippen MR) is 339 cm³/mol. The Hall–Kier alpha value is -2.37. The largest absolute Gasteiger partial charge is 0.462 e. The van der Waals surface area contributed by atoms with Crippen LogP contribution < -0.4 is 0 Å². The minimum atomic E-state index is -0.781. The highest BCUT2D eigenvalue weighted by molar-refractivity contribution is 5.71. The van der Waals surface area contributed by atoms with Crippen molar-refractivity contribution in [2.24, 2.45) is 0 Å². The van der Waals surface area contributed by atoms with Gasteiger partial charge >= 0.3 is 17.9 Å². The lowest BCUT2D eigenvalue weighted by Crippen LogP contribution is -2.30. The van der Waals surface area contributed by atoms with E-state index in [0.717, 1.165) is 83.5 Å². The maximum Gasteiger partial charge on any atom is 0.306 e. The zero-order valence-electron chi connectivity index (χ0n) is 52.7. The van der Waals surface area contributed by atoms with Crippen LogP contribution in [0.4, 0.5) is 0 Å². The van der Waals surface area contributed by atoms with E-state index in [4.69, 9.17) is 14.2 Å². The number of esters is 3. The van der Waals surface area contributed by atoms with Crippen molar-refractivity contribution in [1.82, 2.24) is 0 Å². The summed E-state index contributed by atoms with van der Waals surface area (Å²) in [5, 5.41) is 0. The molecule has 78 heavy (non-hydrogen) atoms. The van der Waals surface area contributed by atoms with Gasteiger partial charge in [0.05, 0.1) is 0 Å². The molecule has 0 saturated heterocycles. The van der Waals surface area contributed by atoms with Crippen LogP contribution in [0.3, 0.4) is 0 Å². The maximum atomic E-state index is 12.9. The highest BCUT2D eigenvalue weighted by Gasteiger charge is 2.19. The number of carbonyl (C=O) groups is 3. The van der Waals surface area contributed by atoms with Gasteiger partial charge in [-0.05, 0) is 70.6 Å². The summed E-state index contributed by atoms with van der Waals surface area (Å²) in [6.07, 6.45) is 83.3. The van der Waals surface area contributed by atoms with Gasteiger partial charge in [0.2, 0.25) is 0 Å². The van der Waals surface area contributed by atoms with Crippen LogP contribution in [0.1, 0.15) is 387 Å². The zero-order chi connectivity index (χ0) is 56.4. The van der Waals surface area contributed by atoms with E-state index in [0.29, 0.717) is 19.3 Å². The van der Waals surface area contributed by atoms with Gasteiger partial charge < -0.3 is 14.2 Å². The van der Waals surface area contributed by atoms with E-state index in [1.165, 1.54) is 263 Å². The first kappa shape index (κ1) is 75.6. The summed E-state index contributed by atoms with van der Waals surface area (Å²) >= 11 is 0. The molecule has 0 fully saturated rings. The first-order valence-electron chi connectivity index (χ1n) is 35.0. The Morgan fingerprint density at radius 1 is 0.256 bits per heavy atom. The van der Waals surface area contributed by atoms with Crippen molar-refractivity contribution in [3.8, 4) is 0 Å². The molecule has 0 aliphatic heterocycles. The fraction of sp³-hybridized carbons (Fsp3) is 0.875. The molecule has 6 nitrogen and oxygen atoms in total. The lowest BCUT2D eigenvalue weighted by atomic mass is 10.0. The van der Waals surface area contributed by atoms with Gasteiger partial charge in [-0.3, -0.25) is 14.4 Å². The number of unbranched alkanes of at least 4 members (excludes halogenated alkanes) is 48. The van der Waals surface area contributed by atoms with E-state index in [1.807, 2.05) is 0 Å². The van der Waals surface area contributed by atoms with Gasteiger partial charge in [-0.1, -0.05) is 333 Å². The van der Waals surface area contributed by atoms with Crippen LogP contribution in [0.5, 0.6) is 0 Å². The van der Waals surface area contributed by atoms with Crippen LogP contribution in [0.25, 0.3) is 0 Å². The van der Waals surface area contributed by atoms with Crippen molar-refractivity contribution in [2.75, 3.05) is 13.2 Å². The fourth-order valence-electron chi connectivity index (χ4n) is 10.6. The predicted octanol–water partition coefficient (Wildman–Crippen LogP) is 23.9. The fourth-order valence-corrected chi connectivity index (χ4v) is 10.6. The number of allylic oxidation sites excluding steroid dienone is 6. The van der Waals surface area contributed by atoms with Crippen molar-refractivity contribution in [3.63, 3.8) is 0 Å². The molecule has 0 bridgehead atoms. The average molecular weight is 1100 g/mol. The molecule has 0 aliphatic carbocycles. The number of carbonyl (C=O) groups excluding carboxylic acids is 3. The smallest absolute Gasteiger partial charge is 0.306 e. The average Bonchev–Trinajstić information content (AvgIpc) is 3.44. The Morgan fingerprint density at radius 3 is 0.756 bits per heavy atom. The molecule has 0 N–H and O–H groups in total. The first-order chi connectivity index (χ1) is 38.5. The van der Waals surface area contributed by atoms with Gasteiger partial charge in [0.1, 0.15) is 13.2 Å². The highest BCUT2D eigenvalue weighted by atomic mass is 16.6. The third kappa shape index (κ3) is 64.5. The summed E-state index contributed by atoms with van der Waals surface area (Å²) in [6.45, 7) is 6.64. The maximum absolute atomic E-state index is 12.9. The third-order valence-corrected chi connectivity index (χ3v) is 15.9. The molecule has 0 heterocycles. The summed E-state index contributed by atoms with van der Waals surface area (Å²) < 4.78 is 16.9. The lowest BCUT2D eigenvalue weighted by Gasteiger charge is -2.18. The normalized spacial score (nSPS) is 12.2. The summed E-state index contributed by atoms with van der Waals surface area (Å²) in [5.41, 5.74) is 0. The standard InChI is InChI=1S/C72H134O6/c1-4-7-10-13-16-19-22-25-28-29-30-31-32-33-34-35-36-37-38-39-40-41-42-43-45-47-50-53-56-59-62-65-71(74)77-68-69(67-76-70(73)64-61-58-55-52-49-46-27-24-21-18-15-12-9-6-3)78-72(75)66-63-60-57-54-51-48-44-26-23-20-17-14-11-8-5-2/h15,18,24,26-27,44,69H,4-14,16-17,19-23,25,28-43,45-68H2,1-3H3/b18-15-,27-24-,44-26-. The van der Waals surface area contributed by atoms with Crippen LogP contribution in [0, 0.1) is 0 Å². The van der Waals surface area contributed by atoms with Crippen LogP contribution >= 0.6 is 0 Å². The number of rotatable bonds is 65. The second-order valence-corrected chi connectivity index (χ2v) is 23.8. The van der Waals surface area contributed by atoms with Gasteiger partial charge in [-0.15, -0.1) is 0 Å². The molecule has 0 radical (unpaired) electrons. The van der Waals surface area contributed by atoms with E-state index in [-0.39, 0.29) is 31.1 Å². The Labute approximate surface area is 486 Å². The van der Waals surface area contributed by atoms with E-state index in [9.17, 15) is 14.4 Å². The number of hydrogen-bond donors (Lipinski definition) is 0. The van der Waals surface area contributed by atoms with E-state index in [1.54, 1.807) is 0 Å². The molecule has 0 aliphatic rings. The molecule has 0 saturated carbocycles. The topological polar surface area (TPSA) is 78.9 Å². The quantitative estimate of drug-likeness (QED) is 0.0261. The summed E-state index contributed by atoms with van der Waals surface area (Å²) in [6, 6.07) is 0. The third-order valence-electron chi connectivity index (χ3n) is 15.9. The van der Waals surface area contributed by atoms with Gasteiger partial charge in [0.15, 0.2) is 6.10 Å². The molecule has 458 valence electrons. The summed E-state index contributed by atoms with van der Waals surface area (Å²) in [5.74, 6) is -0.875. The van der Waals surface area contributed by atoms with E-state index < -0.39 is 6.10 Å². The van der Waals surface area contributed by atoms with Crippen molar-refractivity contribution >= 4 is 17.9 Å². The molecule has 0 aromatic rings. The Bertz CT molecular complexity index is 1300. The minimum Gasteiger partial charge on any atom is -0.462 e. The van der Waals surface area contributed by atoms with Crippen molar-refractivity contribution in [1.29, 1.82) is 0 Å². The molecule has 0 aromatic carbocycles. The molecular weight excluding hydrogens is 961 g/mol. The SMILES string of the molecule is CCCC/C=C\C/C=C\CCCCCCCC(=O)OCC(COC(=O)CCCCCCCCCCCCCCCCCCCCCCCCCCCCCCCCC)OC(=O)CCCCCCC/C=C\CCCCCCCC. The Balaban J connectivity index is 4.13. The van der Waals surface area contributed by atoms with Crippen molar-refractivity contribution < 1.29 is 28.6 Å². The molecule has 0 spiro atoms. The molecular formula is C72H134O6. The van der Waals surface area contributed by atoms with Crippen LogP contribution in [-0.2, 0) is 28.6 Å². The molecule has 6 heteroatoms. The highest BCUT2D eigenvalue weighted by Crippen LogP contribution is 2.19. The number of hydrogen-bond acceptors (Lipinski definition) is 6. The van der Waals surface area contributed by atoms with Gasteiger partial charge in [0, 0.05) is 19.3 Å². The van der Waals surface area contributed by atoms with Crippen LogP contribution in [0.15, 0.2) is 36.5 Å². The van der Waals surface area contributed by atoms with Crippen molar-refractivity contribution in [2.45, 2.75) is 393 Å². The van der Waals surface area contributed by atoms with E-state index >= 15 is 0 Å². The summed E-state index contributed by atoms with van der Waals surface area (Å²) in [4.78, 5) is 38.3. The lowest BCUT2D eigenvalue weighted by molar-refractivity contribution is -0.167. The van der Waals surface area contributed by atoms with Crippen LogP contribution in [-0.4, -0.2) is 37.2 Å².